The maximum absolute atomic E-state index is 7.41. The molecule has 7 heteroatoms. The summed E-state index contributed by atoms with van der Waals surface area (Å²) in [4.78, 5) is 2.36. The molecule has 0 unspecified atom stereocenters. The van der Waals surface area contributed by atoms with Crippen LogP contribution in [0.15, 0.2) is 179 Å². The summed E-state index contributed by atoms with van der Waals surface area (Å²) in [6, 6.07) is 57.7. The van der Waals surface area contributed by atoms with Gasteiger partial charge in [0.05, 0.1) is 33.3 Å². The largest absolute Gasteiger partial charge is 0.456 e. The van der Waals surface area contributed by atoms with Crippen molar-refractivity contribution >= 4 is 116 Å². The summed E-state index contributed by atoms with van der Waals surface area (Å²) < 4.78 is 27.5. The van der Waals surface area contributed by atoms with Crippen LogP contribution >= 0.6 is 6.04 Å². The number of hydrogen-bond acceptors (Lipinski definition) is 6. The summed E-state index contributed by atoms with van der Waals surface area (Å²) in [6.07, 6.45) is 0. The van der Waals surface area contributed by atoms with E-state index in [0.717, 1.165) is 138 Å². The molecule has 0 spiro atoms. The number of ether oxygens (including phenoxy) is 2. The van der Waals surface area contributed by atoms with Crippen molar-refractivity contribution in [2.24, 2.45) is 0 Å². The molecule has 65 heavy (non-hydrogen) atoms. The first kappa shape index (κ1) is 35.8. The van der Waals surface area contributed by atoms with Crippen molar-refractivity contribution in [3.8, 4) is 45.3 Å². The third-order valence-corrected chi connectivity index (χ3v) is 18.7. The summed E-state index contributed by atoms with van der Waals surface area (Å²) in [5.41, 5.74) is 12.8. The first-order chi connectivity index (χ1) is 31.9. The van der Waals surface area contributed by atoms with E-state index >= 15 is 0 Å². The van der Waals surface area contributed by atoms with Crippen LogP contribution in [0.5, 0.6) is 23.0 Å². The molecule has 0 aliphatic carbocycles. The summed E-state index contributed by atoms with van der Waals surface area (Å²) in [5, 5.41) is 12.0. The van der Waals surface area contributed by atoms with Gasteiger partial charge in [-0.1, -0.05) is 90.2 Å². The Hall–Kier alpha value is -7.63. The molecule has 0 saturated carbocycles. The molecule has 0 atom stereocenters. The molecule has 0 radical (unpaired) electrons. The molecule has 0 saturated heterocycles. The second kappa shape index (κ2) is 12.5. The molecule has 5 nitrogen and oxygen atoms in total. The van der Waals surface area contributed by atoms with Gasteiger partial charge in [0.2, 0.25) is 0 Å². The van der Waals surface area contributed by atoms with Gasteiger partial charge in [-0.2, -0.15) is 0 Å². The van der Waals surface area contributed by atoms with E-state index in [4.69, 9.17) is 30.1 Å². The quantitative estimate of drug-likeness (QED) is 0.165. The van der Waals surface area contributed by atoms with E-state index < -0.39 is 6.04 Å². The monoisotopic (exact) mass is 871 g/mol. The minimum absolute atomic E-state index is 0.764. The van der Waals surface area contributed by atoms with Crippen LogP contribution < -0.4 is 30.3 Å². The van der Waals surface area contributed by atoms with Gasteiger partial charge in [-0.3, -0.25) is 0 Å². The van der Waals surface area contributed by atoms with Crippen molar-refractivity contribution in [2.75, 3.05) is 4.90 Å². The Morgan fingerprint density at radius 3 is 1.37 bits per heavy atom. The van der Waals surface area contributed by atoms with Gasteiger partial charge in [-0.05, 0) is 149 Å². The molecular weight excluding hydrogens is 838 g/mol. The van der Waals surface area contributed by atoms with E-state index in [2.05, 4.69) is 189 Å². The van der Waals surface area contributed by atoms with Crippen LogP contribution in [-0.4, -0.2) is 0 Å². The lowest BCUT2D eigenvalue weighted by Crippen LogP contribution is -2.42. The Morgan fingerprint density at radius 1 is 0.415 bits per heavy atom. The van der Waals surface area contributed by atoms with Crippen molar-refractivity contribution in [1.29, 1.82) is 0 Å². The predicted molar refractivity (Wildman–Crippen MR) is 271 cm³/mol. The fourth-order valence-electron chi connectivity index (χ4n) is 10.8. The summed E-state index contributed by atoms with van der Waals surface area (Å²) in [5.74, 6) is 3.12. The minimum Gasteiger partial charge on any atom is -0.456 e. The predicted octanol–water partition coefficient (Wildman–Crippen LogP) is 15.5. The van der Waals surface area contributed by atoms with Gasteiger partial charge in [0.15, 0.2) is 0 Å². The molecule has 10 aromatic carbocycles. The lowest BCUT2D eigenvalue weighted by atomic mass is 9.98. The average Bonchev–Trinajstić information content (AvgIpc) is 3.86. The second-order valence-corrected chi connectivity index (χ2v) is 21.9. The van der Waals surface area contributed by atoms with E-state index in [1.807, 2.05) is 0 Å². The van der Waals surface area contributed by atoms with Gasteiger partial charge < -0.3 is 23.2 Å². The first-order valence-corrected chi connectivity index (χ1v) is 24.7. The Kier molecular flexibility index (Phi) is 6.91. The van der Waals surface area contributed by atoms with Crippen LogP contribution in [0.1, 0.15) is 11.1 Å². The number of benzene rings is 10. The Labute approximate surface area is 377 Å². The van der Waals surface area contributed by atoms with Crippen LogP contribution in [0.4, 0.5) is 17.1 Å². The number of rotatable bonds is 3. The van der Waals surface area contributed by atoms with Gasteiger partial charge in [-0.25, -0.2) is 0 Å². The molecule has 3 aliphatic heterocycles. The van der Waals surface area contributed by atoms with E-state index in [9.17, 15) is 0 Å². The van der Waals surface area contributed by atoms with Gasteiger partial charge >= 0.3 is 0 Å². The van der Waals surface area contributed by atoms with Crippen LogP contribution in [0, 0.1) is 13.8 Å². The van der Waals surface area contributed by atoms with Crippen molar-refractivity contribution in [3.05, 3.63) is 181 Å². The van der Waals surface area contributed by atoms with Crippen molar-refractivity contribution in [3.63, 3.8) is 0 Å². The highest BCUT2D eigenvalue weighted by atomic mass is 32.4. The van der Waals surface area contributed by atoms with Crippen molar-refractivity contribution < 1.29 is 18.3 Å². The highest BCUT2D eigenvalue weighted by Gasteiger charge is 2.51. The number of nitrogens with zero attached hydrogens (tertiary/aromatic N) is 1. The standard InChI is InChI=1S/C58H34NO4PS/c1-31-11-15-39(16-12-31)59-46-19-17-40(37-13-21-48-42(27-37)44-25-33-7-3-5-9-35(33)29-50(44)60-48)54-56(46)64(65)57-47(59)20-18-41(55(57)63-53-24-32(2)23-52(62-54)58(53)64)38-14-22-49-43(28-38)45-26-34-8-4-6-10-36(34)30-51(45)61-49/h3-30H,1-2H3. The lowest BCUT2D eigenvalue weighted by Gasteiger charge is -2.46. The number of aryl methyl sites for hydroxylation is 2. The molecule has 306 valence electrons. The fraction of sp³-hybridized carbons (Fsp3) is 0.0345. The summed E-state index contributed by atoms with van der Waals surface area (Å²) in [7, 11) is 0. The molecule has 0 fully saturated rings. The second-order valence-electron chi connectivity index (χ2n) is 17.7. The van der Waals surface area contributed by atoms with Crippen molar-refractivity contribution in [2.45, 2.75) is 13.8 Å². The molecule has 15 rings (SSSR count). The topological polar surface area (TPSA) is 48.0 Å². The van der Waals surface area contributed by atoms with Crippen LogP contribution in [0.3, 0.4) is 0 Å². The molecule has 0 N–H and O–H groups in total. The van der Waals surface area contributed by atoms with Gasteiger partial charge in [0.1, 0.15) is 45.3 Å². The smallest absolute Gasteiger partial charge is 0.146 e. The van der Waals surface area contributed by atoms with Gasteiger partial charge in [0, 0.05) is 38.4 Å². The molecule has 12 aromatic rings. The van der Waals surface area contributed by atoms with E-state index in [1.54, 1.807) is 0 Å². The van der Waals surface area contributed by atoms with Gasteiger partial charge in [0.25, 0.3) is 0 Å². The van der Waals surface area contributed by atoms with Crippen LogP contribution in [-0.2, 0) is 11.8 Å². The fourth-order valence-corrected chi connectivity index (χ4v) is 15.9. The van der Waals surface area contributed by atoms with E-state index in [1.165, 1.54) is 16.3 Å². The molecule has 3 aliphatic rings. The van der Waals surface area contributed by atoms with Crippen molar-refractivity contribution in [1.82, 2.24) is 0 Å². The number of furan rings is 2. The first-order valence-electron chi connectivity index (χ1n) is 21.9. The highest BCUT2D eigenvalue weighted by molar-refractivity contribution is 8.26. The molecule has 2 aromatic heterocycles. The number of fused-ring (bicyclic) bond motifs is 8. The Balaban J connectivity index is 1.00. The zero-order valence-electron chi connectivity index (χ0n) is 35.1. The van der Waals surface area contributed by atoms with Gasteiger partial charge in [-0.15, -0.1) is 0 Å². The highest BCUT2D eigenvalue weighted by Crippen LogP contribution is 2.67. The molecule has 5 heterocycles. The third kappa shape index (κ3) is 4.80. The lowest BCUT2D eigenvalue weighted by molar-refractivity contribution is 0.467. The Morgan fingerprint density at radius 2 is 0.877 bits per heavy atom. The summed E-state index contributed by atoms with van der Waals surface area (Å²) in [6.45, 7) is 4.22. The van der Waals surface area contributed by atoms with E-state index in [0.29, 0.717) is 0 Å². The average molecular weight is 872 g/mol. The Bertz CT molecular complexity index is 3960. The van der Waals surface area contributed by atoms with Crippen LogP contribution in [0.25, 0.3) is 87.7 Å². The normalized spacial score (nSPS) is 14.1. The zero-order chi connectivity index (χ0) is 42.9. The SMILES string of the molecule is Cc1ccc(N2c3ccc(-c4ccc5oc6cc7ccccc7cc6c5c4)c4c3P3(=S)c5c(cc(C)cc5Oc5c(-c6ccc7oc8cc9ccccc9cc8c7c6)ccc2c53)O4)cc1. The maximum Gasteiger partial charge on any atom is 0.146 e. The zero-order valence-corrected chi connectivity index (χ0v) is 36.8. The molecule has 0 bridgehead atoms. The number of hydrogen-bond donors (Lipinski definition) is 0. The molecular formula is C58H34NO4PS. The van der Waals surface area contributed by atoms with Crippen LogP contribution in [0.2, 0.25) is 0 Å². The molecule has 0 amide bonds. The summed E-state index contributed by atoms with van der Waals surface area (Å²) >= 11 is 7.41. The number of anilines is 3. The van der Waals surface area contributed by atoms with E-state index in [-0.39, 0.29) is 0 Å². The minimum atomic E-state index is -2.87. The third-order valence-electron chi connectivity index (χ3n) is 13.8. The maximum atomic E-state index is 7.41.